The van der Waals surface area contributed by atoms with Gasteiger partial charge in [0, 0.05) is 12.6 Å². The Balaban J connectivity index is 4.70. The number of hydrogen-bond donors (Lipinski definition) is 1. The Morgan fingerprint density at radius 2 is 1.88 bits per heavy atom. The van der Waals surface area contributed by atoms with Gasteiger partial charge in [-0.25, -0.2) is 4.79 Å². The Morgan fingerprint density at radius 3 is 2.19 bits per heavy atom. The number of carboxylic acids is 1. The lowest BCUT2D eigenvalue weighted by Crippen LogP contribution is -2.44. The van der Waals surface area contributed by atoms with Gasteiger partial charge < -0.3 is 14.7 Å². The fourth-order valence-corrected chi connectivity index (χ4v) is 1.59. The molecule has 0 aliphatic heterocycles. The van der Waals surface area contributed by atoms with Crippen LogP contribution in [0.4, 0.5) is 4.79 Å². The second kappa shape index (κ2) is 7.09. The highest BCUT2D eigenvalue weighted by molar-refractivity contribution is 5.71. The van der Waals surface area contributed by atoms with Gasteiger partial charge in [0.25, 0.3) is 0 Å². The SMILES string of the molecule is CCOC(=O)N(CC)C(CC(=O)O)C(C)C. The lowest BCUT2D eigenvalue weighted by atomic mass is 9.99. The van der Waals surface area contributed by atoms with Gasteiger partial charge in [0.05, 0.1) is 13.0 Å². The summed E-state index contributed by atoms with van der Waals surface area (Å²) in [4.78, 5) is 23.8. The lowest BCUT2D eigenvalue weighted by Gasteiger charge is -2.31. The number of amides is 1. The molecule has 0 rings (SSSR count). The summed E-state index contributed by atoms with van der Waals surface area (Å²) in [6, 6.07) is -0.318. The van der Waals surface area contributed by atoms with E-state index < -0.39 is 12.1 Å². The zero-order valence-corrected chi connectivity index (χ0v) is 10.4. The van der Waals surface area contributed by atoms with Gasteiger partial charge in [0.2, 0.25) is 0 Å². The summed E-state index contributed by atoms with van der Waals surface area (Å²) in [6.07, 6.45) is -0.491. The fraction of sp³-hybridized carbons (Fsp3) is 0.818. The molecular formula is C11H21NO4. The maximum Gasteiger partial charge on any atom is 0.410 e. The smallest absolute Gasteiger partial charge is 0.410 e. The van der Waals surface area contributed by atoms with Crippen LogP contribution in [-0.4, -0.2) is 41.3 Å². The highest BCUT2D eigenvalue weighted by Gasteiger charge is 2.27. The number of ether oxygens (including phenoxy) is 1. The number of nitrogens with zero attached hydrogens (tertiary/aromatic N) is 1. The Kier molecular flexibility index (Phi) is 6.53. The van der Waals surface area contributed by atoms with Crippen molar-refractivity contribution >= 4 is 12.1 Å². The van der Waals surface area contributed by atoms with E-state index in [9.17, 15) is 9.59 Å². The third kappa shape index (κ3) is 4.51. The van der Waals surface area contributed by atoms with Crippen molar-refractivity contribution in [2.75, 3.05) is 13.2 Å². The summed E-state index contributed by atoms with van der Waals surface area (Å²) in [6.45, 7) is 8.09. The van der Waals surface area contributed by atoms with Gasteiger partial charge >= 0.3 is 12.1 Å². The molecule has 0 radical (unpaired) electrons. The topological polar surface area (TPSA) is 66.8 Å². The second-order valence-electron chi connectivity index (χ2n) is 3.89. The molecule has 0 heterocycles. The normalized spacial score (nSPS) is 12.3. The van der Waals surface area contributed by atoms with E-state index in [2.05, 4.69) is 0 Å². The molecule has 1 N–H and O–H groups in total. The van der Waals surface area contributed by atoms with Gasteiger partial charge in [-0.1, -0.05) is 13.8 Å². The molecule has 1 unspecified atom stereocenters. The van der Waals surface area contributed by atoms with Crippen LogP contribution in [0.5, 0.6) is 0 Å². The van der Waals surface area contributed by atoms with E-state index >= 15 is 0 Å². The average molecular weight is 231 g/mol. The van der Waals surface area contributed by atoms with Crippen LogP contribution >= 0.6 is 0 Å². The Bertz CT molecular complexity index is 240. The van der Waals surface area contributed by atoms with Crippen LogP contribution in [0.15, 0.2) is 0 Å². The van der Waals surface area contributed by atoms with Gasteiger partial charge in [-0.05, 0) is 19.8 Å². The maximum absolute atomic E-state index is 11.6. The number of aliphatic carboxylic acids is 1. The van der Waals surface area contributed by atoms with Crippen molar-refractivity contribution in [1.82, 2.24) is 4.90 Å². The van der Waals surface area contributed by atoms with E-state index in [4.69, 9.17) is 9.84 Å². The van der Waals surface area contributed by atoms with Gasteiger partial charge in [0.15, 0.2) is 0 Å². The van der Waals surface area contributed by atoms with Crippen LogP contribution in [0.1, 0.15) is 34.1 Å². The number of carbonyl (C=O) groups is 2. The monoisotopic (exact) mass is 231 g/mol. The summed E-state index contributed by atoms with van der Waals surface area (Å²) in [5.41, 5.74) is 0. The number of carboxylic acid groups (broad SMARTS) is 1. The van der Waals surface area contributed by atoms with Crippen molar-refractivity contribution in [3.8, 4) is 0 Å². The molecule has 16 heavy (non-hydrogen) atoms. The van der Waals surface area contributed by atoms with Gasteiger partial charge in [-0.3, -0.25) is 4.79 Å². The molecule has 0 aliphatic carbocycles. The average Bonchev–Trinajstić information content (AvgIpc) is 2.17. The Morgan fingerprint density at radius 1 is 1.31 bits per heavy atom. The maximum atomic E-state index is 11.6. The lowest BCUT2D eigenvalue weighted by molar-refractivity contribution is -0.138. The van der Waals surface area contributed by atoms with Crippen LogP contribution in [0, 0.1) is 5.92 Å². The van der Waals surface area contributed by atoms with Crippen molar-refractivity contribution in [1.29, 1.82) is 0 Å². The molecule has 0 spiro atoms. The Labute approximate surface area is 96.4 Å². The molecule has 1 amide bonds. The first-order chi connectivity index (χ1) is 7.43. The summed E-state index contributed by atoms with van der Waals surface area (Å²) in [7, 11) is 0. The van der Waals surface area contributed by atoms with E-state index in [1.165, 1.54) is 4.90 Å². The third-order valence-electron chi connectivity index (χ3n) is 2.40. The summed E-state index contributed by atoms with van der Waals surface area (Å²) >= 11 is 0. The van der Waals surface area contributed by atoms with Crippen molar-refractivity contribution in [3.63, 3.8) is 0 Å². The molecule has 0 aromatic heterocycles. The molecule has 0 saturated heterocycles. The second-order valence-corrected chi connectivity index (χ2v) is 3.89. The van der Waals surface area contributed by atoms with Crippen molar-refractivity contribution in [3.05, 3.63) is 0 Å². The van der Waals surface area contributed by atoms with Crippen LogP contribution in [0.3, 0.4) is 0 Å². The summed E-state index contributed by atoms with van der Waals surface area (Å²) < 4.78 is 4.90. The first-order valence-corrected chi connectivity index (χ1v) is 5.59. The van der Waals surface area contributed by atoms with E-state index in [1.807, 2.05) is 20.8 Å². The number of hydrogen-bond acceptors (Lipinski definition) is 3. The van der Waals surface area contributed by atoms with E-state index in [0.717, 1.165) is 0 Å². The molecule has 0 bridgehead atoms. The minimum atomic E-state index is -0.901. The summed E-state index contributed by atoms with van der Waals surface area (Å²) in [5, 5.41) is 8.81. The highest BCUT2D eigenvalue weighted by Crippen LogP contribution is 2.15. The third-order valence-corrected chi connectivity index (χ3v) is 2.40. The van der Waals surface area contributed by atoms with Crippen LogP contribution in [-0.2, 0) is 9.53 Å². The quantitative estimate of drug-likeness (QED) is 0.758. The predicted molar refractivity (Wildman–Crippen MR) is 60.3 cm³/mol. The molecule has 0 aliphatic rings. The predicted octanol–water partition coefficient (Wildman–Crippen LogP) is 1.96. The van der Waals surface area contributed by atoms with Crippen LogP contribution in [0.25, 0.3) is 0 Å². The largest absolute Gasteiger partial charge is 0.481 e. The minimum absolute atomic E-state index is 0.0513. The molecular weight excluding hydrogens is 210 g/mol. The van der Waals surface area contributed by atoms with Gasteiger partial charge in [0.1, 0.15) is 0 Å². The Hall–Kier alpha value is -1.26. The minimum Gasteiger partial charge on any atom is -0.481 e. The van der Waals surface area contributed by atoms with E-state index in [0.29, 0.717) is 13.2 Å². The zero-order valence-electron chi connectivity index (χ0n) is 10.4. The van der Waals surface area contributed by atoms with Crippen LogP contribution in [0.2, 0.25) is 0 Å². The zero-order chi connectivity index (χ0) is 12.7. The highest BCUT2D eigenvalue weighted by atomic mass is 16.6. The molecule has 0 saturated carbocycles. The molecule has 5 heteroatoms. The van der Waals surface area contributed by atoms with Crippen LogP contribution < -0.4 is 0 Å². The first-order valence-electron chi connectivity index (χ1n) is 5.59. The molecule has 94 valence electrons. The van der Waals surface area contributed by atoms with Crippen molar-refractivity contribution < 1.29 is 19.4 Å². The first kappa shape index (κ1) is 14.7. The molecule has 1 atom stereocenters. The van der Waals surface area contributed by atoms with E-state index in [1.54, 1.807) is 6.92 Å². The summed E-state index contributed by atoms with van der Waals surface area (Å²) in [5.74, 6) is -0.818. The molecule has 0 aromatic rings. The standard InChI is InChI=1S/C11H21NO4/c1-5-12(11(15)16-6-2)9(8(3)4)7-10(13)14/h8-9H,5-7H2,1-4H3,(H,13,14). The van der Waals surface area contributed by atoms with Crippen molar-refractivity contribution in [2.24, 2.45) is 5.92 Å². The molecule has 5 nitrogen and oxygen atoms in total. The number of carbonyl (C=O) groups excluding carboxylic acids is 1. The van der Waals surface area contributed by atoms with Gasteiger partial charge in [-0.2, -0.15) is 0 Å². The molecule has 0 aromatic carbocycles. The fourth-order valence-electron chi connectivity index (χ4n) is 1.59. The van der Waals surface area contributed by atoms with Gasteiger partial charge in [-0.15, -0.1) is 0 Å². The van der Waals surface area contributed by atoms with E-state index in [-0.39, 0.29) is 18.4 Å². The number of rotatable bonds is 6. The molecule has 0 fully saturated rings. The van der Waals surface area contributed by atoms with Crippen molar-refractivity contribution in [2.45, 2.75) is 40.2 Å².